The van der Waals surface area contributed by atoms with Crippen molar-refractivity contribution in [1.29, 1.82) is 0 Å². The zero-order chi connectivity index (χ0) is 16.6. The summed E-state index contributed by atoms with van der Waals surface area (Å²) in [5.74, 6) is 0.963. The molecule has 0 atom stereocenters. The van der Waals surface area contributed by atoms with E-state index in [2.05, 4.69) is 15.4 Å². The van der Waals surface area contributed by atoms with E-state index in [0.29, 0.717) is 5.95 Å². The van der Waals surface area contributed by atoms with Crippen LogP contribution in [0, 0.1) is 5.41 Å². The summed E-state index contributed by atoms with van der Waals surface area (Å²) in [6, 6.07) is 7.73. The second kappa shape index (κ2) is 5.66. The molecule has 23 heavy (non-hydrogen) atoms. The van der Waals surface area contributed by atoms with Gasteiger partial charge in [-0.2, -0.15) is 4.98 Å². The molecular formula is C16H18N4O2S. The number of ether oxygens (including phenoxy) is 1. The molecule has 0 unspecified atom stereocenters. The summed E-state index contributed by atoms with van der Waals surface area (Å²) in [5, 5.41) is 9.14. The fourth-order valence-corrected chi connectivity index (χ4v) is 2.89. The summed E-state index contributed by atoms with van der Waals surface area (Å²) < 4.78 is 7.13. The van der Waals surface area contributed by atoms with Gasteiger partial charge in [-0.25, -0.2) is 4.52 Å². The molecule has 6 nitrogen and oxygen atoms in total. The van der Waals surface area contributed by atoms with Gasteiger partial charge in [0.05, 0.1) is 12.8 Å². The van der Waals surface area contributed by atoms with Crippen LogP contribution >= 0.6 is 11.3 Å². The zero-order valence-electron chi connectivity index (χ0n) is 13.5. The van der Waals surface area contributed by atoms with Crippen LogP contribution in [0.25, 0.3) is 16.2 Å². The number of hydrogen-bond donors (Lipinski definition) is 1. The first-order valence-corrected chi connectivity index (χ1v) is 8.07. The maximum Gasteiger partial charge on any atom is 0.250 e. The predicted molar refractivity (Wildman–Crippen MR) is 90.9 cm³/mol. The van der Waals surface area contributed by atoms with Gasteiger partial charge in [0.15, 0.2) is 0 Å². The Balaban J connectivity index is 2.00. The molecule has 0 saturated carbocycles. The summed E-state index contributed by atoms with van der Waals surface area (Å²) in [7, 11) is 1.64. The van der Waals surface area contributed by atoms with E-state index in [1.54, 1.807) is 11.6 Å². The van der Waals surface area contributed by atoms with E-state index in [1.165, 1.54) is 11.3 Å². The molecule has 0 spiro atoms. The minimum Gasteiger partial charge on any atom is -0.496 e. The number of carbonyl (C=O) groups is 1. The third-order valence-corrected chi connectivity index (χ3v) is 4.19. The van der Waals surface area contributed by atoms with E-state index in [4.69, 9.17) is 4.74 Å². The number of rotatable bonds is 3. The third kappa shape index (κ3) is 2.92. The molecule has 1 amide bonds. The Kier molecular flexibility index (Phi) is 3.81. The fourth-order valence-electron chi connectivity index (χ4n) is 2.07. The van der Waals surface area contributed by atoms with Crippen molar-refractivity contribution in [2.24, 2.45) is 5.41 Å². The highest BCUT2D eigenvalue weighted by Crippen LogP contribution is 2.32. The van der Waals surface area contributed by atoms with Crippen LogP contribution < -0.4 is 10.1 Å². The molecular weight excluding hydrogens is 312 g/mol. The van der Waals surface area contributed by atoms with Crippen molar-refractivity contribution in [2.45, 2.75) is 20.8 Å². The summed E-state index contributed by atoms with van der Waals surface area (Å²) >= 11 is 1.47. The van der Waals surface area contributed by atoms with Gasteiger partial charge in [-0.05, 0) is 12.1 Å². The van der Waals surface area contributed by atoms with E-state index in [9.17, 15) is 4.79 Å². The van der Waals surface area contributed by atoms with E-state index < -0.39 is 5.41 Å². The van der Waals surface area contributed by atoms with Crippen molar-refractivity contribution >= 4 is 28.2 Å². The maximum atomic E-state index is 12.1. The smallest absolute Gasteiger partial charge is 0.250 e. The molecule has 0 radical (unpaired) electrons. The van der Waals surface area contributed by atoms with Crippen LogP contribution in [0.15, 0.2) is 29.6 Å². The third-order valence-electron chi connectivity index (χ3n) is 3.37. The Morgan fingerprint density at radius 3 is 2.74 bits per heavy atom. The molecule has 3 rings (SSSR count). The number of methoxy groups -OCH3 is 1. The average Bonchev–Trinajstić information content (AvgIpc) is 3.06. The second-order valence-electron chi connectivity index (χ2n) is 6.16. The topological polar surface area (TPSA) is 68.5 Å². The number of carbonyl (C=O) groups excluding carboxylic acids is 1. The summed E-state index contributed by atoms with van der Waals surface area (Å²) in [6.45, 7) is 5.54. The summed E-state index contributed by atoms with van der Waals surface area (Å²) in [5.41, 5.74) is 1.32. The van der Waals surface area contributed by atoms with E-state index in [1.807, 2.05) is 50.4 Å². The lowest BCUT2D eigenvalue weighted by atomic mass is 9.96. The number of fused-ring (bicyclic) bond motifs is 1. The molecule has 0 aliphatic rings. The van der Waals surface area contributed by atoms with Crippen molar-refractivity contribution in [2.75, 3.05) is 12.4 Å². The Morgan fingerprint density at radius 2 is 2.04 bits per heavy atom. The quantitative estimate of drug-likeness (QED) is 0.798. The lowest BCUT2D eigenvalue weighted by molar-refractivity contribution is -0.123. The van der Waals surface area contributed by atoms with Gasteiger partial charge in [0.2, 0.25) is 16.8 Å². The van der Waals surface area contributed by atoms with Crippen LogP contribution in [0.1, 0.15) is 20.8 Å². The number of nitrogens with one attached hydrogen (secondary N) is 1. The number of hydrogen-bond acceptors (Lipinski definition) is 5. The van der Waals surface area contributed by atoms with Crippen LogP contribution in [0.5, 0.6) is 5.75 Å². The van der Waals surface area contributed by atoms with Crippen molar-refractivity contribution < 1.29 is 9.53 Å². The first kappa shape index (κ1) is 15.5. The number of thiazole rings is 1. The maximum absolute atomic E-state index is 12.1. The van der Waals surface area contributed by atoms with E-state index >= 15 is 0 Å². The molecule has 7 heteroatoms. The Morgan fingerprint density at radius 1 is 1.30 bits per heavy atom. The van der Waals surface area contributed by atoms with E-state index in [0.717, 1.165) is 22.0 Å². The first-order chi connectivity index (χ1) is 10.9. The lowest BCUT2D eigenvalue weighted by Crippen LogP contribution is -2.28. The number of benzene rings is 1. The van der Waals surface area contributed by atoms with Crippen LogP contribution in [0.3, 0.4) is 0 Å². The largest absolute Gasteiger partial charge is 0.496 e. The lowest BCUT2D eigenvalue weighted by Gasteiger charge is -2.15. The average molecular weight is 330 g/mol. The molecule has 0 aliphatic heterocycles. The molecule has 0 saturated heterocycles. The standard InChI is InChI=1S/C16H18N4O2S/c1-16(2,3)13(21)17-14-18-15-20(19-14)11(9-23-15)10-7-5-6-8-12(10)22-4/h5-9H,1-4H3,(H,17,19,21). The Bertz CT molecular complexity index is 860. The van der Waals surface area contributed by atoms with Gasteiger partial charge >= 0.3 is 0 Å². The van der Waals surface area contributed by atoms with Gasteiger partial charge in [0, 0.05) is 16.4 Å². The number of aromatic nitrogens is 3. The number of para-hydroxylation sites is 1. The van der Waals surface area contributed by atoms with Crippen LogP contribution in [-0.4, -0.2) is 27.6 Å². The summed E-state index contributed by atoms with van der Waals surface area (Å²) in [6.07, 6.45) is 0. The predicted octanol–water partition coefficient (Wildman–Crippen LogP) is 3.45. The van der Waals surface area contributed by atoms with Crippen LogP contribution in [0.2, 0.25) is 0 Å². The highest BCUT2D eigenvalue weighted by atomic mass is 32.1. The molecule has 1 N–H and O–H groups in total. The van der Waals surface area contributed by atoms with Crippen LogP contribution in [-0.2, 0) is 4.79 Å². The highest BCUT2D eigenvalue weighted by Gasteiger charge is 2.23. The highest BCUT2D eigenvalue weighted by molar-refractivity contribution is 7.15. The minimum absolute atomic E-state index is 0.116. The second-order valence-corrected chi connectivity index (χ2v) is 6.99. The van der Waals surface area contributed by atoms with Gasteiger partial charge in [-0.3, -0.25) is 10.1 Å². The summed E-state index contributed by atoms with van der Waals surface area (Å²) in [4.78, 5) is 17.2. The number of anilines is 1. The normalized spacial score (nSPS) is 11.7. The first-order valence-electron chi connectivity index (χ1n) is 7.19. The van der Waals surface area contributed by atoms with E-state index in [-0.39, 0.29) is 5.91 Å². The van der Waals surface area contributed by atoms with Gasteiger partial charge < -0.3 is 4.74 Å². The number of nitrogens with zero attached hydrogens (tertiary/aromatic N) is 3. The van der Waals surface area contributed by atoms with Gasteiger partial charge in [0.1, 0.15) is 5.75 Å². The van der Waals surface area contributed by atoms with Gasteiger partial charge in [0.25, 0.3) is 0 Å². The molecule has 2 aromatic heterocycles. The van der Waals surface area contributed by atoms with Gasteiger partial charge in [-0.15, -0.1) is 16.4 Å². The van der Waals surface area contributed by atoms with Crippen LogP contribution in [0.4, 0.5) is 5.95 Å². The van der Waals surface area contributed by atoms with Crippen molar-refractivity contribution in [3.63, 3.8) is 0 Å². The molecule has 3 aromatic rings. The monoisotopic (exact) mass is 330 g/mol. The molecule has 120 valence electrons. The van der Waals surface area contributed by atoms with Crippen molar-refractivity contribution in [3.05, 3.63) is 29.6 Å². The Hall–Kier alpha value is -2.41. The zero-order valence-corrected chi connectivity index (χ0v) is 14.3. The van der Waals surface area contributed by atoms with Gasteiger partial charge in [-0.1, -0.05) is 32.9 Å². The Labute approximate surface area is 138 Å². The molecule has 0 bridgehead atoms. The number of amides is 1. The minimum atomic E-state index is -0.496. The van der Waals surface area contributed by atoms with Crippen molar-refractivity contribution in [1.82, 2.24) is 14.6 Å². The molecule has 0 fully saturated rings. The molecule has 1 aromatic carbocycles. The molecule has 0 aliphatic carbocycles. The SMILES string of the molecule is COc1ccccc1-c1csc2nc(NC(=O)C(C)(C)C)nn12. The molecule has 2 heterocycles. The van der Waals surface area contributed by atoms with Crippen molar-refractivity contribution in [3.8, 4) is 17.0 Å². The fraction of sp³-hybridized carbons (Fsp3) is 0.312.